The SMILES string of the molecule is COC(=O)CC(Cc1ccc(OCc2ccccc2)c(OCc2ccccc2)c1)NC(=O)OC(C)(C)C. The molecule has 37 heavy (non-hydrogen) atoms. The van der Waals surface area contributed by atoms with Gasteiger partial charge in [0.05, 0.1) is 13.5 Å². The summed E-state index contributed by atoms with van der Waals surface area (Å²) in [5.74, 6) is 0.754. The van der Waals surface area contributed by atoms with Crippen molar-refractivity contribution >= 4 is 12.1 Å². The summed E-state index contributed by atoms with van der Waals surface area (Å²) < 4.78 is 22.4. The molecule has 3 rings (SSSR count). The summed E-state index contributed by atoms with van der Waals surface area (Å²) in [6, 6.07) is 24.8. The highest BCUT2D eigenvalue weighted by Gasteiger charge is 2.22. The molecule has 7 heteroatoms. The second kappa shape index (κ2) is 13.3. The highest BCUT2D eigenvalue weighted by molar-refractivity contribution is 5.73. The maximum atomic E-state index is 12.4. The summed E-state index contributed by atoms with van der Waals surface area (Å²) in [7, 11) is 1.32. The van der Waals surface area contributed by atoms with Crippen molar-refractivity contribution in [1.82, 2.24) is 5.32 Å². The van der Waals surface area contributed by atoms with Gasteiger partial charge in [-0.25, -0.2) is 4.79 Å². The van der Waals surface area contributed by atoms with Gasteiger partial charge in [-0.1, -0.05) is 66.7 Å². The third-order valence-electron chi connectivity index (χ3n) is 5.33. The summed E-state index contributed by atoms with van der Waals surface area (Å²) >= 11 is 0. The van der Waals surface area contributed by atoms with Crippen LogP contribution in [0.15, 0.2) is 78.9 Å². The molecule has 3 aromatic carbocycles. The number of nitrogens with one attached hydrogen (secondary N) is 1. The predicted octanol–water partition coefficient (Wildman–Crippen LogP) is 5.84. The summed E-state index contributed by atoms with van der Waals surface area (Å²) in [5, 5.41) is 2.79. The standard InChI is InChI=1S/C30H35NO6/c1-30(2,3)37-29(33)31-25(19-28(32)34-4)17-24-15-16-26(35-20-22-11-7-5-8-12-22)27(18-24)36-21-23-13-9-6-10-14-23/h5-16,18,25H,17,19-21H2,1-4H3,(H,31,33). The van der Waals surface area contributed by atoms with Gasteiger partial charge in [0.25, 0.3) is 0 Å². The molecule has 1 atom stereocenters. The van der Waals surface area contributed by atoms with Crippen LogP contribution < -0.4 is 14.8 Å². The van der Waals surface area contributed by atoms with E-state index in [-0.39, 0.29) is 6.42 Å². The molecule has 7 nitrogen and oxygen atoms in total. The molecule has 0 bridgehead atoms. The highest BCUT2D eigenvalue weighted by Crippen LogP contribution is 2.31. The number of hydrogen-bond donors (Lipinski definition) is 1. The lowest BCUT2D eigenvalue weighted by atomic mass is 10.0. The Labute approximate surface area is 218 Å². The van der Waals surface area contributed by atoms with Crippen molar-refractivity contribution in [2.24, 2.45) is 0 Å². The molecule has 0 aliphatic rings. The molecular formula is C30H35NO6. The third kappa shape index (κ3) is 9.88. The zero-order chi connectivity index (χ0) is 26.7. The fraction of sp³-hybridized carbons (Fsp3) is 0.333. The Balaban J connectivity index is 1.79. The summed E-state index contributed by atoms with van der Waals surface area (Å²) in [4.78, 5) is 24.4. The average molecular weight is 506 g/mol. The van der Waals surface area contributed by atoms with Gasteiger partial charge in [-0.2, -0.15) is 0 Å². The first kappa shape index (κ1) is 27.6. The number of alkyl carbamates (subject to hydrolysis) is 1. The number of esters is 1. The molecule has 0 radical (unpaired) electrons. The van der Waals surface area contributed by atoms with Crippen molar-refractivity contribution in [3.8, 4) is 11.5 Å². The van der Waals surface area contributed by atoms with Crippen LogP contribution in [0.5, 0.6) is 11.5 Å². The van der Waals surface area contributed by atoms with E-state index in [9.17, 15) is 9.59 Å². The number of rotatable bonds is 11. The van der Waals surface area contributed by atoms with Crippen LogP contribution in [0.4, 0.5) is 4.79 Å². The van der Waals surface area contributed by atoms with Gasteiger partial charge < -0.3 is 24.3 Å². The van der Waals surface area contributed by atoms with Crippen molar-refractivity contribution in [2.45, 2.75) is 58.5 Å². The molecule has 1 unspecified atom stereocenters. The molecule has 0 heterocycles. The van der Waals surface area contributed by atoms with Crippen LogP contribution in [0.3, 0.4) is 0 Å². The Morgan fingerprint density at radius 1 is 0.784 bits per heavy atom. The van der Waals surface area contributed by atoms with Crippen molar-refractivity contribution in [2.75, 3.05) is 7.11 Å². The lowest BCUT2D eigenvalue weighted by Gasteiger charge is -2.23. The molecule has 0 fully saturated rings. The van der Waals surface area contributed by atoms with E-state index in [4.69, 9.17) is 18.9 Å². The normalized spacial score (nSPS) is 11.8. The minimum Gasteiger partial charge on any atom is -0.485 e. The molecular weight excluding hydrogens is 470 g/mol. The smallest absolute Gasteiger partial charge is 0.407 e. The topological polar surface area (TPSA) is 83.1 Å². The van der Waals surface area contributed by atoms with E-state index in [0.717, 1.165) is 16.7 Å². The third-order valence-corrected chi connectivity index (χ3v) is 5.33. The first-order chi connectivity index (χ1) is 17.7. The van der Waals surface area contributed by atoms with Gasteiger partial charge in [0.2, 0.25) is 0 Å². The lowest BCUT2D eigenvalue weighted by Crippen LogP contribution is -2.41. The zero-order valence-corrected chi connectivity index (χ0v) is 21.9. The van der Waals surface area contributed by atoms with Crippen LogP contribution in [-0.4, -0.2) is 30.8 Å². The fourth-order valence-electron chi connectivity index (χ4n) is 3.60. The van der Waals surface area contributed by atoms with Gasteiger partial charge >= 0.3 is 12.1 Å². The molecule has 0 aliphatic heterocycles. The number of hydrogen-bond acceptors (Lipinski definition) is 6. The van der Waals surface area contributed by atoms with Crippen molar-refractivity contribution in [3.05, 3.63) is 95.6 Å². The van der Waals surface area contributed by atoms with E-state index < -0.39 is 23.7 Å². The second-order valence-electron chi connectivity index (χ2n) is 9.66. The maximum absolute atomic E-state index is 12.4. The summed E-state index contributed by atoms with van der Waals surface area (Å²) in [5.41, 5.74) is 2.27. The fourth-order valence-corrected chi connectivity index (χ4v) is 3.60. The van der Waals surface area contributed by atoms with E-state index in [1.54, 1.807) is 20.8 Å². The van der Waals surface area contributed by atoms with Crippen LogP contribution in [0.1, 0.15) is 43.9 Å². The van der Waals surface area contributed by atoms with Crippen molar-refractivity contribution in [1.29, 1.82) is 0 Å². The Morgan fingerprint density at radius 3 is 1.89 bits per heavy atom. The second-order valence-corrected chi connectivity index (χ2v) is 9.66. The first-order valence-corrected chi connectivity index (χ1v) is 12.2. The Hall–Kier alpha value is -4.00. The van der Waals surface area contributed by atoms with Gasteiger partial charge in [-0.05, 0) is 56.0 Å². The Morgan fingerprint density at radius 2 is 1.35 bits per heavy atom. The largest absolute Gasteiger partial charge is 0.485 e. The van der Waals surface area contributed by atoms with Gasteiger partial charge in [0.15, 0.2) is 11.5 Å². The van der Waals surface area contributed by atoms with Gasteiger partial charge in [0, 0.05) is 6.04 Å². The van der Waals surface area contributed by atoms with E-state index in [1.807, 2.05) is 78.9 Å². The molecule has 1 amide bonds. The van der Waals surface area contributed by atoms with Crippen LogP contribution in [0.25, 0.3) is 0 Å². The van der Waals surface area contributed by atoms with E-state index in [0.29, 0.717) is 31.1 Å². The van der Waals surface area contributed by atoms with Gasteiger partial charge in [-0.3, -0.25) is 4.79 Å². The van der Waals surface area contributed by atoms with Crippen LogP contribution in [0, 0.1) is 0 Å². The lowest BCUT2D eigenvalue weighted by molar-refractivity contribution is -0.141. The zero-order valence-electron chi connectivity index (χ0n) is 21.9. The Bertz CT molecular complexity index is 1140. The molecule has 3 aromatic rings. The molecule has 0 aromatic heterocycles. The van der Waals surface area contributed by atoms with Crippen LogP contribution in [0.2, 0.25) is 0 Å². The molecule has 0 saturated heterocycles. The number of carbonyl (C=O) groups excluding carboxylic acids is 2. The molecule has 0 spiro atoms. The van der Waals surface area contributed by atoms with Crippen LogP contribution >= 0.6 is 0 Å². The number of benzene rings is 3. The number of carbonyl (C=O) groups is 2. The first-order valence-electron chi connectivity index (χ1n) is 12.2. The monoisotopic (exact) mass is 505 g/mol. The summed E-state index contributed by atoms with van der Waals surface area (Å²) in [6.07, 6.45) is -0.221. The minimum absolute atomic E-state index is 0.00219. The van der Waals surface area contributed by atoms with E-state index in [1.165, 1.54) is 7.11 Å². The maximum Gasteiger partial charge on any atom is 0.407 e. The number of amides is 1. The number of methoxy groups -OCH3 is 1. The molecule has 196 valence electrons. The molecule has 0 aliphatic carbocycles. The van der Waals surface area contributed by atoms with E-state index in [2.05, 4.69) is 5.32 Å². The van der Waals surface area contributed by atoms with Crippen LogP contribution in [-0.2, 0) is 33.9 Å². The van der Waals surface area contributed by atoms with Gasteiger partial charge in [-0.15, -0.1) is 0 Å². The van der Waals surface area contributed by atoms with E-state index >= 15 is 0 Å². The molecule has 1 N–H and O–H groups in total. The van der Waals surface area contributed by atoms with Crippen molar-refractivity contribution in [3.63, 3.8) is 0 Å². The van der Waals surface area contributed by atoms with Crippen molar-refractivity contribution < 1.29 is 28.5 Å². The number of ether oxygens (including phenoxy) is 4. The Kier molecular flexibility index (Phi) is 9.95. The summed E-state index contributed by atoms with van der Waals surface area (Å²) in [6.45, 7) is 6.12. The highest BCUT2D eigenvalue weighted by atomic mass is 16.6. The minimum atomic E-state index is -0.657. The quantitative estimate of drug-likeness (QED) is 0.330. The molecule has 0 saturated carbocycles. The predicted molar refractivity (Wildman–Crippen MR) is 141 cm³/mol. The van der Waals surface area contributed by atoms with Gasteiger partial charge in [0.1, 0.15) is 18.8 Å². The average Bonchev–Trinajstić information content (AvgIpc) is 2.86.